The third kappa shape index (κ3) is 3.18. The zero-order valence-corrected chi connectivity index (χ0v) is 11.2. The molecule has 2 rings (SSSR count). The summed E-state index contributed by atoms with van der Waals surface area (Å²) >= 11 is 6.07. The third-order valence-corrected chi connectivity index (χ3v) is 3.02. The fraction of sp³-hybridized carbons (Fsp3) is 0.133. The SMILES string of the molecule is COc1ccc(C(C#N)Nc2ccccc2)cc1Cl. The lowest BCUT2D eigenvalue weighted by atomic mass is 10.1. The number of benzene rings is 2. The second-order valence-electron chi connectivity index (χ2n) is 3.97. The topological polar surface area (TPSA) is 45.0 Å². The second-order valence-corrected chi connectivity index (χ2v) is 4.37. The number of nitrogens with zero attached hydrogens (tertiary/aromatic N) is 1. The van der Waals surface area contributed by atoms with Gasteiger partial charge in [0.2, 0.25) is 0 Å². The monoisotopic (exact) mass is 272 g/mol. The Morgan fingerprint density at radius 3 is 2.53 bits per heavy atom. The summed E-state index contributed by atoms with van der Waals surface area (Å²) in [7, 11) is 1.56. The number of methoxy groups -OCH3 is 1. The van der Waals surface area contributed by atoms with Gasteiger partial charge in [0.05, 0.1) is 18.2 Å². The molecule has 0 bridgehead atoms. The molecule has 1 atom stereocenters. The van der Waals surface area contributed by atoms with Crippen molar-refractivity contribution in [3.05, 3.63) is 59.1 Å². The van der Waals surface area contributed by atoms with Crippen molar-refractivity contribution in [3.8, 4) is 11.8 Å². The zero-order chi connectivity index (χ0) is 13.7. The van der Waals surface area contributed by atoms with Crippen LogP contribution in [0.2, 0.25) is 5.02 Å². The predicted molar refractivity (Wildman–Crippen MR) is 76.4 cm³/mol. The van der Waals surface area contributed by atoms with E-state index in [0.29, 0.717) is 10.8 Å². The van der Waals surface area contributed by atoms with Gasteiger partial charge in [0.25, 0.3) is 0 Å². The van der Waals surface area contributed by atoms with Crippen LogP contribution in [0.3, 0.4) is 0 Å². The van der Waals surface area contributed by atoms with Crippen LogP contribution < -0.4 is 10.1 Å². The first-order valence-corrected chi connectivity index (χ1v) is 6.17. The van der Waals surface area contributed by atoms with Gasteiger partial charge in [-0.1, -0.05) is 35.9 Å². The number of halogens is 1. The van der Waals surface area contributed by atoms with E-state index in [4.69, 9.17) is 16.3 Å². The highest BCUT2D eigenvalue weighted by atomic mass is 35.5. The quantitative estimate of drug-likeness (QED) is 0.914. The summed E-state index contributed by atoms with van der Waals surface area (Å²) in [4.78, 5) is 0. The van der Waals surface area contributed by atoms with Crippen LogP contribution in [-0.4, -0.2) is 7.11 Å². The van der Waals surface area contributed by atoms with Gasteiger partial charge in [-0.25, -0.2) is 0 Å². The Labute approximate surface area is 117 Å². The molecular formula is C15H13ClN2O. The minimum Gasteiger partial charge on any atom is -0.495 e. The number of nitrogens with one attached hydrogen (secondary N) is 1. The molecule has 2 aromatic rings. The summed E-state index contributed by atoms with van der Waals surface area (Å²) in [5, 5.41) is 12.9. The second kappa shape index (κ2) is 6.12. The van der Waals surface area contributed by atoms with Crippen LogP contribution in [0.15, 0.2) is 48.5 Å². The lowest BCUT2D eigenvalue weighted by Crippen LogP contribution is -2.08. The summed E-state index contributed by atoms with van der Waals surface area (Å²) in [6.45, 7) is 0. The average molecular weight is 273 g/mol. The first-order chi connectivity index (χ1) is 9.24. The molecule has 0 aliphatic carbocycles. The molecule has 1 N–H and O–H groups in total. The van der Waals surface area contributed by atoms with Crippen LogP contribution in [0.5, 0.6) is 5.75 Å². The normalized spacial score (nSPS) is 11.4. The average Bonchev–Trinajstić information content (AvgIpc) is 2.46. The molecule has 0 spiro atoms. The van der Waals surface area contributed by atoms with Crippen molar-refractivity contribution in [1.82, 2.24) is 0 Å². The highest BCUT2D eigenvalue weighted by Crippen LogP contribution is 2.28. The van der Waals surface area contributed by atoms with E-state index in [1.54, 1.807) is 19.2 Å². The van der Waals surface area contributed by atoms with E-state index in [-0.39, 0.29) is 0 Å². The Morgan fingerprint density at radius 1 is 1.21 bits per heavy atom. The van der Waals surface area contributed by atoms with Gasteiger partial charge in [-0.3, -0.25) is 0 Å². The standard InChI is InChI=1S/C15H13ClN2O/c1-19-15-8-7-11(9-13(15)16)14(10-17)18-12-5-3-2-4-6-12/h2-9,14,18H,1H3. The lowest BCUT2D eigenvalue weighted by Gasteiger charge is -2.14. The molecule has 0 aliphatic rings. The van der Waals surface area contributed by atoms with Crippen LogP contribution >= 0.6 is 11.6 Å². The summed E-state index contributed by atoms with van der Waals surface area (Å²) in [5.41, 5.74) is 1.69. The first-order valence-electron chi connectivity index (χ1n) is 5.79. The minimum absolute atomic E-state index is 0.453. The van der Waals surface area contributed by atoms with Crippen molar-refractivity contribution in [2.75, 3.05) is 12.4 Å². The van der Waals surface area contributed by atoms with E-state index in [1.165, 1.54) is 0 Å². The molecule has 19 heavy (non-hydrogen) atoms. The molecule has 96 valence electrons. The van der Waals surface area contributed by atoms with E-state index in [2.05, 4.69) is 11.4 Å². The van der Waals surface area contributed by atoms with Gasteiger partial charge in [-0.05, 0) is 29.8 Å². The molecule has 0 aromatic heterocycles. The van der Waals surface area contributed by atoms with Crippen molar-refractivity contribution in [2.45, 2.75) is 6.04 Å². The summed E-state index contributed by atoms with van der Waals surface area (Å²) < 4.78 is 5.10. The van der Waals surface area contributed by atoms with Crippen molar-refractivity contribution in [2.24, 2.45) is 0 Å². The van der Waals surface area contributed by atoms with Gasteiger partial charge in [-0.2, -0.15) is 5.26 Å². The first kappa shape index (κ1) is 13.3. The molecule has 4 heteroatoms. The fourth-order valence-electron chi connectivity index (χ4n) is 1.75. The van der Waals surface area contributed by atoms with Gasteiger partial charge in [0.15, 0.2) is 0 Å². The molecule has 0 saturated carbocycles. The maximum absolute atomic E-state index is 9.27. The molecule has 0 aliphatic heterocycles. The molecule has 0 saturated heterocycles. The van der Waals surface area contributed by atoms with E-state index < -0.39 is 6.04 Å². The summed E-state index contributed by atoms with van der Waals surface area (Å²) in [5.74, 6) is 0.599. The Hall–Kier alpha value is -2.18. The van der Waals surface area contributed by atoms with E-state index in [1.807, 2.05) is 36.4 Å². The number of ether oxygens (including phenoxy) is 1. The predicted octanol–water partition coefficient (Wildman–Crippen LogP) is 4.03. The van der Waals surface area contributed by atoms with Gasteiger partial charge in [-0.15, -0.1) is 0 Å². The van der Waals surface area contributed by atoms with Crippen molar-refractivity contribution in [3.63, 3.8) is 0 Å². The zero-order valence-electron chi connectivity index (χ0n) is 10.4. The third-order valence-electron chi connectivity index (χ3n) is 2.72. The fourth-order valence-corrected chi connectivity index (χ4v) is 2.02. The Morgan fingerprint density at radius 2 is 1.95 bits per heavy atom. The van der Waals surface area contributed by atoms with E-state index >= 15 is 0 Å². The van der Waals surface area contributed by atoms with Gasteiger partial charge >= 0.3 is 0 Å². The van der Waals surface area contributed by atoms with E-state index in [0.717, 1.165) is 11.3 Å². The number of anilines is 1. The largest absolute Gasteiger partial charge is 0.495 e. The number of hydrogen-bond donors (Lipinski definition) is 1. The summed E-state index contributed by atoms with van der Waals surface area (Å²) in [6, 6.07) is 16.7. The van der Waals surface area contributed by atoms with Crippen LogP contribution in [-0.2, 0) is 0 Å². The van der Waals surface area contributed by atoms with Gasteiger partial charge < -0.3 is 10.1 Å². The Bertz CT molecular complexity index is 593. The van der Waals surface area contributed by atoms with Gasteiger partial charge in [0.1, 0.15) is 11.8 Å². The van der Waals surface area contributed by atoms with Crippen LogP contribution in [0, 0.1) is 11.3 Å². The molecule has 0 fully saturated rings. The maximum Gasteiger partial charge on any atom is 0.140 e. The van der Waals surface area contributed by atoms with Crippen LogP contribution in [0.1, 0.15) is 11.6 Å². The van der Waals surface area contributed by atoms with E-state index in [9.17, 15) is 5.26 Å². The minimum atomic E-state index is -0.453. The summed E-state index contributed by atoms with van der Waals surface area (Å²) in [6.07, 6.45) is 0. The molecule has 0 radical (unpaired) electrons. The highest BCUT2D eigenvalue weighted by Gasteiger charge is 2.12. The highest BCUT2D eigenvalue weighted by molar-refractivity contribution is 6.32. The Balaban J connectivity index is 2.23. The molecule has 2 aromatic carbocycles. The number of rotatable bonds is 4. The smallest absolute Gasteiger partial charge is 0.140 e. The molecule has 1 unspecified atom stereocenters. The lowest BCUT2D eigenvalue weighted by molar-refractivity contribution is 0.415. The molecule has 3 nitrogen and oxygen atoms in total. The van der Waals surface area contributed by atoms with Crippen molar-refractivity contribution < 1.29 is 4.74 Å². The number of nitriles is 1. The van der Waals surface area contributed by atoms with Crippen molar-refractivity contribution >= 4 is 17.3 Å². The van der Waals surface area contributed by atoms with Gasteiger partial charge in [0, 0.05) is 5.69 Å². The molecular weight excluding hydrogens is 260 g/mol. The van der Waals surface area contributed by atoms with Crippen LogP contribution in [0.4, 0.5) is 5.69 Å². The maximum atomic E-state index is 9.27. The number of hydrogen-bond acceptors (Lipinski definition) is 3. The Kier molecular flexibility index (Phi) is 4.27. The van der Waals surface area contributed by atoms with Crippen LogP contribution in [0.25, 0.3) is 0 Å². The molecule has 0 heterocycles. The molecule has 0 amide bonds. The number of para-hydroxylation sites is 1. The van der Waals surface area contributed by atoms with Crippen molar-refractivity contribution in [1.29, 1.82) is 5.26 Å².